The topological polar surface area (TPSA) is 66.7 Å². The molecule has 110 valence electrons. The van der Waals surface area contributed by atoms with E-state index in [1.165, 1.54) is 0 Å². The summed E-state index contributed by atoms with van der Waals surface area (Å²) < 4.78 is 1.89. The van der Waals surface area contributed by atoms with E-state index in [0.29, 0.717) is 12.4 Å². The van der Waals surface area contributed by atoms with Crippen LogP contribution in [0.4, 0.5) is 0 Å². The Balaban J connectivity index is 0.000000774. The Bertz CT molecular complexity index is 631. The number of H-pyrrole nitrogens is 1. The van der Waals surface area contributed by atoms with Crippen LogP contribution < -0.4 is 0 Å². The Morgan fingerprint density at radius 1 is 1.14 bits per heavy atom. The minimum Gasteiger partial charge on any atom is -0.387 e. The zero-order valence-corrected chi connectivity index (χ0v) is 12.3. The standard InChI is InChI=1S/C14H14N4O.C2H6/c19-12(11-4-2-1-3-5-11)10-18-9-8-17-14(18)13-15-6-7-16-13;1-2/h1-9,12,19H,10H2,(H,15,16);1-2H3. The number of nitrogens with zero attached hydrogens (tertiary/aromatic N) is 3. The summed E-state index contributed by atoms with van der Waals surface area (Å²) in [5, 5.41) is 10.2. The average molecular weight is 284 g/mol. The lowest BCUT2D eigenvalue weighted by molar-refractivity contribution is 0.157. The summed E-state index contributed by atoms with van der Waals surface area (Å²) in [4.78, 5) is 11.5. The molecule has 0 spiro atoms. The van der Waals surface area contributed by atoms with Crippen molar-refractivity contribution in [2.75, 3.05) is 0 Å². The summed E-state index contributed by atoms with van der Waals surface area (Å²) in [5.74, 6) is 1.42. The zero-order chi connectivity index (χ0) is 15.1. The summed E-state index contributed by atoms with van der Waals surface area (Å²) in [6.07, 6.45) is 6.41. The fourth-order valence-electron chi connectivity index (χ4n) is 2.03. The molecule has 1 aromatic carbocycles. The molecule has 0 saturated heterocycles. The van der Waals surface area contributed by atoms with Gasteiger partial charge in [0.25, 0.3) is 0 Å². The average Bonchev–Trinajstić information content (AvgIpc) is 3.21. The number of benzene rings is 1. The molecular weight excluding hydrogens is 264 g/mol. The molecule has 1 unspecified atom stereocenters. The smallest absolute Gasteiger partial charge is 0.176 e. The third-order valence-corrected chi connectivity index (χ3v) is 2.98. The van der Waals surface area contributed by atoms with Gasteiger partial charge < -0.3 is 14.7 Å². The van der Waals surface area contributed by atoms with Crippen molar-refractivity contribution in [2.24, 2.45) is 0 Å². The number of imidazole rings is 2. The van der Waals surface area contributed by atoms with Crippen LogP contribution in [0.25, 0.3) is 11.6 Å². The van der Waals surface area contributed by atoms with Gasteiger partial charge >= 0.3 is 0 Å². The SMILES string of the molecule is CC.OC(Cn1ccnc1-c1ncc[nH]1)c1ccccc1. The number of aliphatic hydroxyl groups is 1. The van der Waals surface area contributed by atoms with Gasteiger partial charge in [-0.15, -0.1) is 0 Å². The van der Waals surface area contributed by atoms with Gasteiger partial charge in [0.1, 0.15) is 0 Å². The summed E-state index contributed by atoms with van der Waals surface area (Å²) in [6.45, 7) is 4.44. The summed E-state index contributed by atoms with van der Waals surface area (Å²) in [5.41, 5.74) is 0.890. The fraction of sp³-hybridized carbons (Fsp3) is 0.250. The van der Waals surface area contributed by atoms with E-state index in [-0.39, 0.29) is 0 Å². The highest BCUT2D eigenvalue weighted by atomic mass is 16.3. The van der Waals surface area contributed by atoms with Crippen molar-refractivity contribution in [3.63, 3.8) is 0 Å². The minimum absolute atomic E-state index is 0.444. The number of hydrogen-bond acceptors (Lipinski definition) is 3. The molecule has 0 radical (unpaired) electrons. The third-order valence-electron chi connectivity index (χ3n) is 2.98. The maximum absolute atomic E-state index is 10.2. The maximum Gasteiger partial charge on any atom is 0.176 e. The normalized spacial score (nSPS) is 11.6. The predicted molar refractivity (Wildman–Crippen MR) is 82.6 cm³/mol. The van der Waals surface area contributed by atoms with Gasteiger partial charge in [-0.25, -0.2) is 9.97 Å². The quantitative estimate of drug-likeness (QED) is 0.774. The molecule has 0 aliphatic carbocycles. The number of aliphatic hydroxyl groups excluding tert-OH is 1. The van der Waals surface area contributed by atoms with Gasteiger partial charge in [-0.1, -0.05) is 44.2 Å². The Morgan fingerprint density at radius 3 is 2.57 bits per heavy atom. The highest BCUT2D eigenvalue weighted by Crippen LogP contribution is 2.18. The Morgan fingerprint density at radius 2 is 1.90 bits per heavy atom. The Kier molecular flexibility index (Phi) is 5.29. The minimum atomic E-state index is -0.566. The molecule has 0 aliphatic rings. The highest BCUT2D eigenvalue weighted by Gasteiger charge is 2.13. The molecular formula is C16H20N4O. The molecule has 21 heavy (non-hydrogen) atoms. The van der Waals surface area contributed by atoms with E-state index in [1.54, 1.807) is 18.6 Å². The van der Waals surface area contributed by atoms with Crippen LogP contribution in [0.1, 0.15) is 25.5 Å². The Hall–Kier alpha value is -2.40. The molecule has 1 atom stereocenters. The highest BCUT2D eigenvalue weighted by molar-refractivity contribution is 5.43. The van der Waals surface area contributed by atoms with Crippen LogP contribution in [0, 0.1) is 0 Å². The van der Waals surface area contributed by atoms with Gasteiger partial charge in [-0.05, 0) is 5.56 Å². The van der Waals surface area contributed by atoms with E-state index >= 15 is 0 Å². The van der Waals surface area contributed by atoms with Crippen molar-refractivity contribution in [1.29, 1.82) is 0 Å². The van der Waals surface area contributed by atoms with Crippen LogP contribution in [0.5, 0.6) is 0 Å². The van der Waals surface area contributed by atoms with E-state index in [4.69, 9.17) is 0 Å². The van der Waals surface area contributed by atoms with Crippen molar-refractivity contribution in [3.8, 4) is 11.6 Å². The maximum atomic E-state index is 10.2. The molecule has 2 N–H and O–H groups in total. The van der Waals surface area contributed by atoms with Gasteiger partial charge in [-0.2, -0.15) is 0 Å². The second-order valence-corrected chi connectivity index (χ2v) is 4.27. The van der Waals surface area contributed by atoms with Crippen LogP contribution in [0.3, 0.4) is 0 Å². The van der Waals surface area contributed by atoms with Crippen LogP contribution >= 0.6 is 0 Å². The van der Waals surface area contributed by atoms with E-state index < -0.39 is 6.10 Å². The fourth-order valence-corrected chi connectivity index (χ4v) is 2.03. The van der Waals surface area contributed by atoms with E-state index in [2.05, 4.69) is 15.0 Å². The lowest BCUT2D eigenvalue weighted by Gasteiger charge is -2.13. The first-order chi connectivity index (χ1) is 10.3. The van der Waals surface area contributed by atoms with Crippen molar-refractivity contribution in [3.05, 3.63) is 60.7 Å². The largest absolute Gasteiger partial charge is 0.387 e. The van der Waals surface area contributed by atoms with Crippen LogP contribution in [0.15, 0.2) is 55.1 Å². The van der Waals surface area contributed by atoms with Crippen molar-refractivity contribution < 1.29 is 5.11 Å². The van der Waals surface area contributed by atoms with Crippen LogP contribution in [-0.4, -0.2) is 24.6 Å². The molecule has 2 heterocycles. The summed E-state index contributed by atoms with van der Waals surface area (Å²) in [6, 6.07) is 9.59. The molecule has 5 nitrogen and oxygen atoms in total. The van der Waals surface area contributed by atoms with Gasteiger partial charge in [0.05, 0.1) is 12.6 Å². The number of nitrogens with one attached hydrogen (secondary N) is 1. The second kappa shape index (κ2) is 7.40. The van der Waals surface area contributed by atoms with Gasteiger partial charge in [-0.3, -0.25) is 0 Å². The monoisotopic (exact) mass is 284 g/mol. The van der Waals surface area contributed by atoms with Crippen molar-refractivity contribution in [2.45, 2.75) is 26.5 Å². The molecule has 3 aromatic rings. The lowest BCUT2D eigenvalue weighted by atomic mass is 10.1. The summed E-state index contributed by atoms with van der Waals surface area (Å²) >= 11 is 0. The first kappa shape index (κ1) is 15.0. The van der Waals surface area contributed by atoms with Gasteiger partial charge in [0, 0.05) is 24.8 Å². The molecule has 0 amide bonds. The zero-order valence-electron chi connectivity index (χ0n) is 12.3. The van der Waals surface area contributed by atoms with Gasteiger partial charge in [0.2, 0.25) is 0 Å². The number of hydrogen-bond donors (Lipinski definition) is 2. The first-order valence-electron chi connectivity index (χ1n) is 7.08. The van der Waals surface area contributed by atoms with E-state index in [9.17, 15) is 5.11 Å². The first-order valence-corrected chi connectivity index (χ1v) is 7.08. The number of aromatic nitrogens is 4. The molecule has 0 aliphatic heterocycles. The Labute approximate surface area is 124 Å². The molecule has 0 bridgehead atoms. The molecule has 3 rings (SSSR count). The third kappa shape index (κ3) is 3.58. The molecule has 0 fully saturated rings. The second-order valence-electron chi connectivity index (χ2n) is 4.27. The molecule has 2 aromatic heterocycles. The van der Waals surface area contributed by atoms with Crippen molar-refractivity contribution in [1.82, 2.24) is 19.5 Å². The lowest BCUT2D eigenvalue weighted by Crippen LogP contribution is -2.09. The molecule has 5 heteroatoms. The summed E-state index contributed by atoms with van der Waals surface area (Å²) in [7, 11) is 0. The molecule has 0 saturated carbocycles. The van der Waals surface area contributed by atoms with Crippen LogP contribution in [0.2, 0.25) is 0 Å². The van der Waals surface area contributed by atoms with E-state index in [0.717, 1.165) is 11.4 Å². The van der Waals surface area contributed by atoms with Crippen LogP contribution in [-0.2, 0) is 6.54 Å². The van der Waals surface area contributed by atoms with Crippen molar-refractivity contribution >= 4 is 0 Å². The number of rotatable bonds is 4. The number of aromatic amines is 1. The van der Waals surface area contributed by atoms with E-state index in [1.807, 2.05) is 54.9 Å². The van der Waals surface area contributed by atoms with Gasteiger partial charge in [0.15, 0.2) is 11.6 Å². The predicted octanol–water partition coefficient (Wildman–Crippen LogP) is 3.03.